The maximum absolute atomic E-state index is 12.8. The summed E-state index contributed by atoms with van der Waals surface area (Å²) in [4.78, 5) is 72.1. The first-order chi connectivity index (χ1) is 16.4. The van der Waals surface area contributed by atoms with Crippen molar-refractivity contribution in [2.24, 2.45) is 0 Å². The summed E-state index contributed by atoms with van der Waals surface area (Å²) in [5, 5.41) is 11.9. The van der Waals surface area contributed by atoms with Crippen LogP contribution in [0.5, 0.6) is 0 Å². The van der Waals surface area contributed by atoms with Crippen molar-refractivity contribution in [3.8, 4) is 0 Å². The van der Waals surface area contributed by atoms with Crippen molar-refractivity contribution in [3.05, 3.63) is 93.3 Å². The lowest BCUT2D eigenvalue weighted by atomic mass is 10.1. The predicted octanol–water partition coefficient (Wildman–Crippen LogP) is 2.32. The largest absolute Gasteiger partial charge is 0.434 e. The normalized spacial score (nSPS) is 15.2. The van der Waals surface area contributed by atoms with Gasteiger partial charge in [-0.05, 0) is 29.2 Å². The average molecular weight is 477 g/mol. The van der Waals surface area contributed by atoms with Gasteiger partial charge in [-0.3, -0.25) is 28.9 Å². The Labute approximate surface area is 198 Å². The number of hydrogen-bond acceptors (Lipinski definition) is 8. The number of amides is 4. The number of hydrogen-bond donors (Lipinski definition) is 0. The first kappa shape index (κ1) is 23.4. The van der Waals surface area contributed by atoms with E-state index in [1.54, 1.807) is 24.3 Å². The number of rotatable bonds is 7. The van der Waals surface area contributed by atoms with Crippen molar-refractivity contribution in [1.29, 1.82) is 0 Å². The van der Waals surface area contributed by atoms with Crippen LogP contribution in [0.3, 0.4) is 0 Å². The van der Waals surface area contributed by atoms with Gasteiger partial charge in [-0.15, -0.1) is 5.06 Å². The zero-order valence-corrected chi connectivity index (χ0v) is 17.4. The molecule has 3 aromatic rings. The highest BCUT2D eigenvalue weighted by Gasteiger charge is 2.41. The minimum atomic E-state index is -1.18. The molecule has 0 bridgehead atoms. The van der Waals surface area contributed by atoms with Crippen LogP contribution in [0.1, 0.15) is 48.9 Å². The molecular weight excluding hydrogens is 458 g/mol. The number of benzene rings is 2. The molecule has 12 heteroatoms. The Morgan fingerprint density at radius 1 is 0.829 bits per heavy atom. The van der Waals surface area contributed by atoms with Crippen molar-refractivity contribution < 1.29 is 28.9 Å². The molecule has 1 aromatic heterocycles. The van der Waals surface area contributed by atoms with Crippen LogP contribution in [0.4, 0.5) is 5.95 Å². The highest BCUT2D eigenvalue weighted by atomic mass is 16.7. The van der Waals surface area contributed by atoms with Crippen LogP contribution in [-0.4, -0.2) is 60.7 Å². The van der Waals surface area contributed by atoms with Gasteiger partial charge in [0.15, 0.2) is 0 Å². The summed E-state index contributed by atoms with van der Waals surface area (Å²) in [6.45, 7) is -0.633. The van der Waals surface area contributed by atoms with Crippen LogP contribution in [0, 0.1) is 10.1 Å². The maximum Gasteiger partial charge on any atom is 0.434 e. The van der Waals surface area contributed by atoms with E-state index in [4.69, 9.17) is 4.84 Å². The van der Waals surface area contributed by atoms with Crippen LogP contribution in [-0.2, 0) is 11.4 Å². The van der Waals surface area contributed by atoms with E-state index in [-0.39, 0.29) is 42.8 Å². The first-order valence-corrected chi connectivity index (χ1v) is 10.1. The lowest BCUT2D eigenvalue weighted by molar-refractivity contribution is -0.397. The van der Waals surface area contributed by atoms with E-state index >= 15 is 0 Å². The summed E-state index contributed by atoms with van der Waals surface area (Å²) in [5.74, 6) is -3.08. The number of carbonyl (C=O) groups is 4. The van der Waals surface area contributed by atoms with Crippen LogP contribution in [0.2, 0.25) is 0 Å². The third-order valence-electron chi connectivity index (χ3n) is 5.53. The van der Waals surface area contributed by atoms with Crippen molar-refractivity contribution in [3.63, 3.8) is 0 Å². The van der Waals surface area contributed by atoms with Crippen LogP contribution < -0.4 is 0 Å². The van der Waals surface area contributed by atoms with E-state index in [0.29, 0.717) is 5.06 Å². The standard InChI is InChI=1S/C22H15N5O7.CH4/c28-18-14-5-1-2-6-15(14)19(29)25(18)12-13(11-24-10-9-23-22(24)27(32)33)34-26-20(30)16-7-3-4-8-17(16)21(26)31;/h1-10,13H,11-12H2;1H4/t13-;/m0./s1. The highest BCUT2D eigenvalue weighted by Crippen LogP contribution is 2.27. The van der Waals surface area contributed by atoms with Gasteiger partial charge in [0.25, 0.3) is 23.6 Å². The van der Waals surface area contributed by atoms with Crippen LogP contribution in [0.25, 0.3) is 0 Å². The fourth-order valence-corrected chi connectivity index (χ4v) is 3.98. The molecule has 12 nitrogen and oxygen atoms in total. The number of imide groups is 2. The number of aromatic nitrogens is 2. The van der Waals surface area contributed by atoms with E-state index in [2.05, 4.69) is 4.98 Å². The third kappa shape index (κ3) is 3.85. The molecule has 0 fully saturated rings. The summed E-state index contributed by atoms with van der Waals surface area (Å²) in [6.07, 6.45) is 1.34. The molecule has 35 heavy (non-hydrogen) atoms. The summed E-state index contributed by atoms with van der Waals surface area (Å²) >= 11 is 0. The van der Waals surface area contributed by atoms with Crippen molar-refractivity contribution >= 4 is 29.6 Å². The van der Waals surface area contributed by atoms with Gasteiger partial charge in [-0.1, -0.05) is 36.7 Å². The molecule has 0 aliphatic carbocycles. The Kier molecular flexibility index (Phi) is 5.97. The third-order valence-corrected chi connectivity index (χ3v) is 5.53. The molecular formula is C23H19N5O7. The summed E-state index contributed by atoms with van der Waals surface area (Å²) in [7, 11) is 0. The summed E-state index contributed by atoms with van der Waals surface area (Å²) in [5.41, 5.74) is 0.697. The lowest BCUT2D eigenvalue weighted by Gasteiger charge is -2.25. The van der Waals surface area contributed by atoms with Crippen molar-refractivity contribution in [1.82, 2.24) is 19.5 Å². The van der Waals surface area contributed by atoms with Crippen molar-refractivity contribution in [2.75, 3.05) is 6.54 Å². The number of hydroxylamine groups is 2. The molecule has 0 N–H and O–H groups in total. The topological polar surface area (TPSA) is 145 Å². The van der Waals surface area contributed by atoms with Gasteiger partial charge in [-0.25, -0.2) is 4.57 Å². The molecule has 1 atom stereocenters. The summed E-state index contributed by atoms with van der Waals surface area (Å²) in [6, 6.07) is 12.4. The Morgan fingerprint density at radius 2 is 1.31 bits per heavy atom. The zero-order valence-electron chi connectivity index (χ0n) is 17.4. The maximum atomic E-state index is 12.8. The molecule has 0 radical (unpaired) electrons. The quantitative estimate of drug-likeness (QED) is 0.286. The number of imidazole rings is 1. The number of fused-ring (bicyclic) bond motifs is 2. The number of carbonyl (C=O) groups excluding carboxylic acids is 4. The summed E-state index contributed by atoms with van der Waals surface area (Å²) < 4.78 is 1.14. The van der Waals surface area contributed by atoms with Gasteiger partial charge in [0.05, 0.1) is 28.8 Å². The highest BCUT2D eigenvalue weighted by molar-refractivity contribution is 6.21. The van der Waals surface area contributed by atoms with Crippen LogP contribution >= 0.6 is 0 Å². The van der Waals surface area contributed by atoms with E-state index in [1.807, 2.05) is 0 Å². The second-order valence-electron chi connectivity index (χ2n) is 7.58. The Bertz CT molecular complexity index is 1230. The minimum Gasteiger partial charge on any atom is -0.390 e. The van der Waals surface area contributed by atoms with E-state index in [0.717, 1.165) is 9.47 Å². The van der Waals surface area contributed by atoms with E-state index in [9.17, 15) is 29.3 Å². The second-order valence-corrected chi connectivity index (χ2v) is 7.58. The van der Waals surface area contributed by atoms with Gasteiger partial charge in [-0.2, -0.15) is 0 Å². The number of nitro groups is 1. The van der Waals surface area contributed by atoms with E-state index in [1.165, 1.54) is 36.7 Å². The van der Waals surface area contributed by atoms with Gasteiger partial charge < -0.3 is 10.1 Å². The Balaban J connectivity index is 0.00000289. The molecule has 2 aliphatic heterocycles. The fourth-order valence-electron chi connectivity index (χ4n) is 3.98. The van der Waals surface area contributed by atoms with E-state index < -0.39 is 40.6 Å². The Morgan fingerprint density at radius 3 is 1.80 bits per heavy atom. The molecule has 3 heterocycles. The second kappa shape index (κ2) is 8.91. The monoisotopic (exact) mass is 477 g/mol. The molecule has 2 aromatic carbocycles. The molecule has 0 saturated heterocycles. The predicted molar refractivity (Wildman–Crippen MR) is 119 cm³/mol. The fraction of sp³-hybridized carbons (Fsp3) is 0.174. The number of nitrogens with zero attached hydrogens (tertiary/aromatic N) is 5. The SMILES string of the molecule is C.O=C1c2ccccc2C(=O)N1C[C@H](Cn1ccnc1[N+](=O)[O-])ON1C(=O)c2ccccc2C1=O. The molecule has 5 rings (SSSR count). The minimum absolute atomic E-state index is 0. The Hall–Kier alpha value is -4.71. The molecule has 4 amide bonds. The first-order valence-electron chi connectivity index (χ1n) is 10.1. The van der Waals surface area contributed by atoms with Gasteiger partial charge in [0.1, 0.15) is 25.0 Å². The van der Waals surface area contributed by atoms with Gasteiger partial charge in [0.2, 0.25) is 0 Å². The molecule has 0 spiro atoms. The molecule has 0 unspecified atom stereocenters. The smallest absolute Gasteiger partial charge is 0.390 e. The molecule has 2 aliphatic rings. The zero-order chi connectivity index (χ0) is 24.0. The van der Waals surface area contributed by atoms with Gasteiger partial charge >= 0.3 is 5.95 Å². The average Bonchev–Trinajstić information content (AvgIpc) is 3.47. The van der Waals surface area contributed by atoms with Gasteiger partial charge in [0, 0.05) is 0 Å². The lowest BCUT2D eigenvalue weighted by Crippen LogP contribution is -2.44. The van der Waals surface area contributed by atoms with Crippen molar-refractivity contribution in [2.45, 2.75) is 20.1 Å². The molecule has 0 saturated carbocycles. The molecule has 178 valence electrons. The van der Waals surface area contributed by atoms with Crippen LogP contribution in [0.15, 0.2) is 60.9 Å².